The van der Waals surface area contributed by atoms with Gasteiger partial charge in [0, 0.05) is 22.1 Å². The van der Waals surface area contributed by atoms with Crippen molar-refractivity contribution in [1.29, 1.82) is 0 Å². The van der Waals surface area contributed by atoms with E-state index in [-0.39, 0.29) is 11.9 Å². The van der Waals surface area contributed by atoms with E-state index in [0.29, 0.717) is 22.8 Å². The van der Waals surface area contributed by atoms with Gasteiger partial charge in [-0.3, -0.25) is 4.79 Å². The number of carbonyl (C=O) groups is 2. The lowest BCUT2D eigenvalue weighted by molar-refractivity contribution is -0.115. The lowest BCUT2D eigenvalue weighted by Gasteiger charge is -2.09. The second kappa shape index (κ2) is 5.46. The van der Waals surface area contributed by atoms with Crippen molar-refractivity contribution in [3.63, 3.8) is 0 Å². The standard InChI is InChI=1S/C15H12ClN3O2/c16-10-2-1-3-11(8-10)17-15(21)18-12-4-5-13-9(6-12)7-14(20)19-13/h1-6,8H,7H2,(H,19,20)(H2,17,18,21). The fourth-order valence-corrected chi connectivity index (χ4v) is 2.36. The Morgan fingerprint density at radius 2 is 1.86 bits per heavy atom. The van der Waals surface area contributed by atoms with E-state index in [1.807, 2.05) is 0 Å². The zero-order valence-electron chi connectivity index (χ0n) is 10.9. The Morgan fingerprint density at radius 3 is 2.62 bits per heavy atom. The topological polar surface area (TPSA) is 70.2 Å². The highest BCUT2D eigenvalue weighted by Crippen LogP contribution is 2.26. The van der Waals surface area contributed by atoms with Gasteiger partial charge in [0.05, 0.1) is 6.42 Å². The van der Waals surface area contributed by atoms with Crippen molar-refractivity contribution in [3.8, 4) is 0 Å². The summed E-state index contributed by atoms with van der Waals surface area (Å²) in [4.78, 5) is 23.2. The molecule has 0 radical (unpaired) electrons. The molecule has 0 bridgehead atoms. The van der Waals surface area contributed by atoms with Crippen LogP contribution >= 0.6 is 11.6 Å². The second-order valence-corrected chi connectivity index (χ2v) is 5.12. The maximum absolute atomic E-state index is 11.9. The van der Waals surface area contributed by atoms with E-state index in [1.54, 1.807) is 42.5 Å². The molecule has 0 saturated carbocycles. The summed E-state index contributed by atoms with van der Waals surface area (Å²) >= 11 is 5.86. The molecule has 0 aliphatic carbocycles. The third-order valence-electron chi connectivity index (χ3n) is 3.07. The normalized spacial score (nSPS) is 12.5. The van der Waals surface area contributed by atoms with Crippen LogP contribution in [-0.2, 0) is 11.2 Å². The molecule has 0 atom stereocenters. The maximum atomic E-state index is 11.9. The number of hydrogen-bond acceptors (Lipinski definition) is 2. The van der Waals surface area contributed by atoms with E-state index in [4.69, 9.17) is 11.6 Å². The summed E-state index contributed by atoms with van der Waals surface area (Å²) in [6.07, 6.45) is 0.334. The quantitative estimate of drug-likeness (QED) is 0.795. The lowest BCUT2D eigenvalue weighted by atomic mass is 10.1. The molecule has 0 unspecified atom stereocenters. The van der Waals surface area contributed by atoms with Gasteiger partial charge in [-0.25, -0.2) is 4.79 Å². The fourth-order valence-electron chi connectivity index (χ4n) is 2.17. The highest BCUT2D eigenvalue weighted by molar-refractivity contribution is 6.30. The summed E-state index contributed by atoms with van der Waals surface area (Å²) in [6.45, 7) is 0. The van der Waals surface area contributed by atoms with E-state index in [1.165, 1.54) is 0 Å². The van der Waals surface area contributed by atoms with Crippen LogP contribution in [0.1, 0.15) is 5.56 Å². The number of halogens is 1. The van der Waals surface area contributed by atoms with E-state index < -0.39 is 0 Å². The van der Waals surface area contributed by atoms with Gasteiger partial charge in [-0.2, -0.15) is 0 Å². The molecule has 6 heteroatoms. The van der Waals surface area contributed by atoms with E-state index in [0.717, 1.165) is 11.3 Å². The first-order chi connectivity index (χ1) is 10.1. The number of rotatable bonds is 2. The van der Waals surface area contributed by atoms with Gasteiger partial charge < -0.3 is 16.0 Å². The summed E-state index contributed by atoms with van der Waals surface area (Å²) in [5.74, 6) is -0.0365. The van der Waals surface area contributed by atoms with Gasteiger partial charge >= 0.3 is 6.03 Å². The van der Waals surface area contributed by atoms with Crippen molar-refractivity contribution < 1.29 is 9.59 Å². The molecule has 5 nitrogen and oxygen atoms in total. The number of carbonyl (C=O) groups excluding carboxylic acids is 2. The molecule has 0 saturated heterocycles. The predicted molar refractivity (Wildman–Crippen MR) is 82.9 cm³/mol. The SMILES string of the molecule is O=C1Cc2cc(NC(=O)Nc3cccc(Cl)c3)ccc2N1. The first kappa shape index (κ1) is 13.5. The van der Waals surface area contributed by atoms with Gasteiger partial charge in [-0.1, -0.05) is 17.7 Å². The molecule has 3 N–H and O–H groups in total. The Hall–Kier alpha value is -2.53. The highest BCUT2D eigenvalue weighted by atomic mass is 35.5. The smallest absolute Gasteiger partial charge is 0.323 e. The molecular formula is C15H12ClN3O2. The first-order valence-electron chi connectivity index (χ1n) is 6.36. The van der Waals surface area contributed by atoms with Gasteiger partial charge in [-0.05, 0) is 42.0 Å². The van der Waals surface area contributed by atoms with Crippen molar-refractivity contribution in [3.05, 3.63) is 53.1 Å². The van der Waals surface area contributed by atoms with Crippen LogP contribution in [0.15, 0.2) is 42.5 Å². The molecule has 1 heterocycles. The molecule has 0 aromatic heterocycles. The van der Waals surface area contributed by atoms with Crippen molar-refractivity contribution in [2.75, 3.05) is 16.0 Å². The molecule has 3 rings (SSSR count). The molecular weight excluding hydrogens is 290 g/mol. The molecule has 21 heavy (non-hydrogen) atoms. The molecule has 3 amide bonds. The maximum Gasteiger partial charge on any atom is 0.323 e. The van der Waals surface area contributed by atoms with Crippen LogP contribution < -0.4 is 16.0 Å². The minimum Gasteiger partial charge on any atom is -0.326 e. The van der Waals surface area contributed by atoms with Crippen molar-refractivity contribution >= 4 is 40.6 Å². The average Bonchev–Trinajstić information content (AvgIpc) is 2.78. The zero-order valence-corrected chi connectivity index (χ0v) is 11.7. The minimum absolute atomic E-state index is 0.0365. The van der Waals surface area contributed by atoms with Gasteiger partial charge in [0.15, 0.2) is 0 Å². The number of anilines is 3. The highest BCUT2D eigenvalue weighted by Gasteiger charge is 2.17. The van der Waals surface area contributed by atoms with Crippen LogP contribution in [0, 0.1) is 0 Å². The van der Waals surface area contributed by atoms with Crippen LogP contribution in [0.5, 0.6) is 0 Å². The molecule has 2 aromatic rings. The van der Waals surface area contributed by atoms with Crippen LogP contribution in [-0.4, -0.2) is 11.9 Å². The van der Waals surface area contributed by atoms with Crippen LogP contribution in [0.4, 0.5) is 21.9 Å². The molecule has 2 aromatic carbocycles. The van der Waals surface area contributed by atoms with E-state index in [2.05, 4.69) is 16.0 Å². The van der Waals surface area contributed by atoms with Crippen LogP contribution in [0.3, 0.4) is 0 Å². The second-order valence-electron chi connectivity index (χ2n) is 4.69. The van der Waals surface area contributed by atoms with E-state index in [9.17, 15) is 9.59 Å². The summed E-state index contributed by atoms with van der Waals surface area (Å²) in [5, 5.41) is 8.71. The van der Waals surface area contributed by atoms with Crippen molar-refractivity contribution in [2.45, 2.75) is 6.42 Å². The largest absolute Gasteiger partial charge is 0.326 e. The summed E-state index contributed by atoms with van der Waals surface area (Å²) in [5.41, 5.74) is 2.91. The third kappa shape index (κ3) is 3.14. The fraction of sp³-hybridized carbons (Fsp3) is 0.0667. The molecule has 1 aliphatic rings. The van der Waals surface area contributed by atoms with Gasteiger partial charge in [0.25, 0.3) is 0 Å². The Bertz CT molecular complexity index is 731. The van der Waals surface area contributed by atoms with Crippen molar-refractivity contribution in [2.24, 2.45) is 0 Å². The molecule has 0 spiro atoms. The van der Waals surface area contributed by atoms with E-state index >= 15 is 0 Å². The Balaban J connectivity index is 1.68. The predicted octanol–water partition coefficient (Wildman–Crippen LogP) is 3.48. The number of amides is 3. The third-order valence-corrected chi connectivity index (χ3v) is 3.31. The lowest BCUT2D eigenvalue weighted by Crippen LogP contribution is -2.19. The van der Waals surface area contributed by atoms with Gasteiger partial charge in [-0.15, -0.1) is 0 Å². The number of nitrogens with one attached hydrogen (secondary N) is 3. The average molecular weight is 302 g/mol. The summed E-state index contributed by atoms with van der Waals surface area (Å²) in [7, 11) is 0. The zero-order chi connectivity index (χ0) is 14.8. The molecule has 106 valence electrons. The summed E-state index contributed by atoms with van der Waals surface area (Å²) < 4.78 is 0. The van der Waals surface area contributed by atoms with Gasteiger partial charge in [0.1, 0.15) is 0 Å². The van der Waals surface area contributed by atoms with Gasteiger partial charge in [0.2, 0.25) is 5.91 Å². The summed E-state index contributed by atoms with van der Waals surface area (Å²) in [6, 6.07) is 11.8. The Kier molecular flexibility index (Phi) is 3.50. The van der Waals surface area contributed by atoms with Crippen LogP contribution in [0.2, 0.25) is 5.02 Å². The molecule has 1 aliphatic heterocycles. The number of benzene rings is 2. The minimum atomic E-state index is -0.366. The Morgan fingerprint density at radius 1 is 1.10 bits per heavy atom. The Labute approximate surface area is 126 Å². The van der Waals surface area contributed by atoms with Crippen LogP contribution in [0.25, 0.3) is 0 Å². The number of urea groups is 1. The number of fused-ring (bicyclic) bond motifs is 1. The van der Waals surface area contributed by atoms with Crippen molar-refractivity contribution in [1.82, 2.24) is 0 Å². The number of hydrogen-bond donors (Lipinski definition) is 3. The first-order valence-corrected chi connectivity index (χ1v) is 6.74. The monoisotopic (exact) mass is 301 g/mol. The molecule has 0 fully saturated rings.